The Labute approximate surface area is 206 Å². The fourth-order valence-electron chi connectivity index (χ4n) is 5.32. The van der Waals surface area contributed by atoms with E-state index in [9.17, 15) is 31.2 Å². The van der Waals surface area contributed by atoms with E-state index in [1.54, 1.807) is 0 Å². The number of carbonyl (C=O) groups is 2. The average Bonchev–Trinajstić information content (AvgIpc) is 3.64. The number of benzene rings is 2. The van der Waals surface area contributed by atoms with Crippen molar-refractivity contribution in [2.24, 2.45) is 11.7 Å². The van der Waals surface area contributed by atoms with E-state index in [0.29, 0.717) is 31.7 Å². The SMILES string of the molecule is CS(=O)(=O)c1cccc(C(=O)N2CCCCC2(C(N)=O)[C@@H](c2ccc(C(F)(F)F)cc2F)C2CC2)c1. The number of carbonyl (C=O) groups excluding carboxylic acids is 2. The number of likely N-dealkylation sites (tertiary alicyclic amines) is 1. The number of halogens is 4. The summed E-state index contributed by atoms with van der Waals surface area (Å²) in [6.45, 7) is 0.107. The number of rotatable bonds is 6. The quantitative estimate of drug-likeness (QED) is 0.568. The lowest BCUT2D eigenvalue weighted by molar-refractivity contribution is -0.138. The zero-order valence-corrected chi connectivity index (χ0v) is 20.3. The molecule has 2 aromatic carbocycles. The van der Waals surface area contributed by atoms with Gasteiger partial charge in [0, 0.05) is 24.3 Å². The molecule has 2 aliphatic rings. The molecule has 11 heteroatoms. The molecule has 1 heterocycles. The monoisotopic (exact) mass is 526 g/mol. The van der Waals surface area contributed by atoms with Crippen molar-refractivity contribution in [2.45, 2.75) is 54.6 Å². The number of nitrogens with zero attached hydrogens (tertiary/aromatic N) is 1. The number of alkyl halides is 3. The van der Waals surface area contributed by atoms with E-state index in [1.165, 1.54) is 29.2 Å². The summed E-state index contributed by atoms with van der Waals surface area (Å²) in [5.74, 6) is -3.82. The van der Waals surface area contributed by atoms with Crippen LogP contribution in [0.4, 0.5) is 17.6 Å². The maximum absolute atomic E-state index is 15.2. The van der Waals surface area contributed by atoms with Crippen LogP contribution in [0.2, 0.25) is 0 Å². The Morgan fingerprint density at radius 1 is 1.11 bits per heavy atom. The predicted octanol–water partition coefficient (Wildman–Crippen LogP) is 4.29. The first kappa shape index (κ1) is 26.1. The van der Waals surface area contributed by atoms with Gasteiger partial charge in [0.25, 0.3) is 5.91 Å². The van der Waals surface area contributed by atoms with Gasteiger partial charge in [-0.3, -0.25) is 9.59 Å². The van der Waals surface area contributed by atoms with Crippen LogP contribution in [-0.4, -0.2) is 43.5 Å². The number of sulfone groups is 1. The fourth-order valence-corrected chi connectivity index (χ4v) is 5.98. The summed E-state index contributed by atoms with van der Waals surface area (Å²) in [4.78, 5) is 28.1. The second-order valence-corrected chi connectivity index (χ2v) is 11.6. The van der Waals surface area contributed by atoms with Crippen molar-refractivity contribution in [1.82, 2.24) is 4.90 Å². The molecule has 1 aliphatic carbocycles. The molecule has 2 fully saturated rings. The van der Waals surface area contributed by atoms with Crippen LogP contribution in [0.3, 0.4) is 0 Å². The van der Waals surface area contributed by atoms with E-state index in [-0.39, 0.29) is 34.9 Å². The van der Waals surface area contributed by atoms with E-state index in [1.807, 2.05) is 0 Å². The summed E-state index contributed by atoms with van der Waals surface area (Å²) >= 11 is 0. The fraction of sp³-hybridized carbons (Fsp3) is 0.440. The molecule has 0 bridgehead atoms. The standard InChI is InChI=1S/C25H26F4N2O4S/c1-36(34,35)18-6-4-5-16(13-18)22(32)31-12-3-2-11-24(31,23(30)33)21(15-7-8-15)19-10-9-17(14-20(19)26)25(27,28)29/h4-6,9-10,13-15,21H,2-3,7-8,11-12H2,1H3,(H2,30,33)/t21-,24?/m1/s1. The van der Waals surface area contributed by atoms with Gasteiger partial charge in [-0.05, 0) is 73.9 Å². The highest BCUT2D eigenvalue weighted by Gasteiger charge is 2.57. The third-order valence-electron chi connectivity index (χ3n) is 7.12. The van der Waals surface area contributed by atoms with E-state index < -0.39 is 50.7 Å². The number of nitrogens with two attached hydrogens (primary N) is 1. The molecular formula is C25H26F4N2O4S. The van der Waals surface area contributed by atoms with Gasteiger partial charge >= 0.3 is 6.18 Å². The lowest BCUT2D eigenvalue weighted by Crippen LogP contribution is -2.65. The van der Waals surface area contributed by atoms with Crippen LogP contribution in [0.1, 0.15) is 59.5 Å². The van der Waals surface area contributed by atoms with E-state index in [4.69, 9.17) is 5.73 Å². The zero-order valence-electron chi connectivity index (χ0n) is 19.5. The van der Waals surface area contributed by atoms with Gasteiger partial charge in [0.2, 0.25) is 5.91 Å². The molecule has 0 spiro atoms. The number of primary amides is 1. The van der Waals surface area contributed by atoms with Crippen molar-refractivity contribution in [3.63, 3.8) is 0 Å². The van der Waals surface area contributed by atoms with Crippen LogP contribution < -0.4 is 5.73 Å². The molecule has 194 valence electrons. The molecule has 2 atom stereocenters. The highest BCUT2D eigenvalue weighted by molar-refractivity contribution is 7.90. The summed E-state index contributed by atoms with van der Waals surface area (Å²) < 4.78 is 78.8. The van der Waals surface area contributed by atoms with Crippen molar-refractivity contribution in [2.75, 3.05) is 12.8 Å². The van der Waals surface area contributed by atoms with Crippen LogP contribution >= 0.6 is 0 Å². The number of hydrogen-bond acceptors (Lipinski definition) is 4. The maximum Gasteiger partial charge on any atom is 0.416 e. The summed E-state index contributed by atoms with van der Waals surface area (Å²) in [6, 6.07) is 7.59. The molecule has 36 heavy (non-hydrogen) atoms. The Morgan fingerprint density at radius 2 is 1.81 bits per heavy atom. The summed E-state index contributed by atoms with van der Waals surface area (Å²) in [5.41, 5.74) is 3.03. The molecule has 2 aromatic rings. The number of piperidine rings is 1. The molecule has 0 aromatic heterocycles. The van der Waals surface area contributed by atoms with Crippen LogP contribution in [0, 0.1) is 11.7 Å². The normalized spacial score (nSPS) is 21.8. The predicted molar refractivity (Wildman–Crippen MR) is 123 cm³/mol. The van der Waals surface area contributed by atoms with Crippen molar-refractivity contribution in [3.05, 3.63) is 65.0 Å². The third-order valence-corrected chi connectivity index (χ3v) is 8.23. The third kappa shape index (κ3) is 4.72. The highest BCUT2D eigenvalue weighted by Crippen LogP contribution is 2.54. The molecule has 1 saturated heterocycles. The first-order chi connectivity index (χ1) is 16.8. The summed E-state index contributed by atoms with van der Waals surface area (Å²) in [6.07, 6.45) is -1.39. The molecule has 1 aliphatic heterocycles. The molecule has 1 unspecified atom stereocenters. The first-order valence-corrected chi connectivity index (χ1v) is 13.4. The minimum atomic E-state index is -4.74. The van der Waals surface area contributed by atoms with Crippen molar-refractivity contribution in [1.29, 1.82) is 0 Å². The highest BCUT2D eigenvalue weighted by atomic mass is 32.2. The second kappa shape index (κ2) is 9.17. The van der Waals surface area contributed by atoms with Crippen molar-refractivity contribution in [3.8, 4) is 0 Å². The van der Waals surface area contributed by atoms with Crippen molar-refractivity contribution < 1.29 is 35.6 Å². The van der Waals surface area contributed by atoms with Gasteiger partial charge in [-0.2, -0.15) is 13.2 Å². The Bertz CT molecular complexity index is 1310. The smallest absolute Gasteiger partial charge is 0.368 e. The summed E-state index contributed by atoms with van der Waals surface area (Å²) in [5, 5.41) is 0. The molecule has 1 saturated carbocycles. The van der Waals surface area contributed by atoms with Gasteiger partial charge in [0.05, 0.1) is 10.5 Å². The molecular weight excluding hydrogens is 500 g/mol. The molecule has 0 radical (unpaired) electrons. The summed E-state index contributed by atoms with van der Waals surface area (Å²) in [7, 11) is -3.62. The number of amides is 2. The average molecular weight is 527 g/mol. The topological polar surface area (TPSA) is 97.5 Å². The minimum Gasteiger partial charge on any atom is -0.368 e. The maximum atomic E-state index is 15.2. The van der Waals surface area contributed by atoms with Gasteiger partial charge in [0.15, 0.2) is 9.84 Å². The number of hydrogen-bond donors (Lipinski definition) is 1. The van der Waals surface area contributed by atoms with Gasteiger partial charge < -0.3 is 10.6 Å². The van der Waals surface area contributed by atoms with Crippen LogP contribution in [0.25, 0.3) is 0 Å². The van der Waals surface area contributed by atoms with E-state index in [2.05, 4.69) is 0 Å². The lowest BCUT2D eigenvalue weighted by Gasteiger charge is -2.50. The van der Waals surface area contributed by atoms with Crippen LogP contribution in [-0.2, 0) is 20.8 Å². The minimum absolute atomic E-state index is 0.0212. The van der Waals surface area contributed by atoms with Gasteiger partial charge in [-0.1, -0.05) is 12.1 Å². The van der Waals surface area contributed by atoms with E-state index >= 15 is 4.39 Å². The molecule has 4 rings (SSSR count). The second-order valence-electron chi connectivity index (χ2n) is 9.55. The Hall–Kier alpha value is -2.95. The van der Waals surface area contributed by atoms with Crippen LogP contribution in [0.5, 0.6) is 0 Å². The first-order valence-electron chi connectivity index (χ1n) is 11.6. The molecule has 2 amide bonds. The van der Waals surface area contributed by atoms with Crippen molar-refractivity contribution >= 4 is 21.7 Å². The van der Waals surface area contributed by atoms with Crippen LogP contribution in [0.15, 0.2) is 47.4 Å². The van der Waals surface area contributed by atoms with E-state index in [0.717, 1.165) is 18.4 Å². The largest absolute Gasteiger partial charge is 0.416 e. The molecule has 2 N–H and O–H groups in total. The Kier molecular flexibility index (Phi) is 6.65. The Morgan fingerprint density at radius 3 is 2.36 bits per heavy atom. The lowest BCUT2D eigenvalue weighted by atomic mass is 9.69. The van der Waals surface area contributed by atoms with Gasteiger partial charge in [0.1, 0.15) is 11.4 Å². The molecule has 6 nitrogen and oxygen atoms in total. The van der Waals surface area contributed by atoms with Gasteiger partial charge in [-0.25, -0.2) is 12.8 Å². The zero-order chi connectivity index (χ0) is 26.5. The van der Waals surface area contributed by atoms with Gasteiger partial charge in [-0.15, -0.1) is 0 Å². The Balaban J connectivity index is 1.84.